The summed E-state index contributed by atoms with van der Waals surface area (Å²) in [5, 5.41) is 12.8. The fourth-order valence-corrected chi connectivity index (χ4v) is 6.08. The number of piperidine rings is 1. The van der Waals surface area contributed by atoms with E-state index in [9.17, 15) is 18.3 Å². The zero-order valence-corrected chi connectivity index (χ0v) is 19.1. The van der Waals surface area contributed by atoms with Crippen molar-refractivity contribution in [3.63, 3.8) is 0 Å². The zero-order valence-electron chi connectivity index (χ0n) is 18.2. The second-order valence-corrected chi connectivity index (χ2v) is 10.2. The third-order valence-electron chi connectivity index (χ3n) is 6.13. The maximum Gasteiger partial charge on any atom is 0.243 e. The van der Waals surface area contributed by atoms with Crippen LogP contribution in [0.1, 0.15) is 40.7 Å². The Kier molecular flexibility index (Phi) is 6.24. The molecule has 0 unspecified atom stereocenters. The number of amides is 1. The van der Waals surface area contributed by atoms with Gasteiger partial charge in [-0.2, -0.15) is 4.31 Å². The molecule has 6 nitrogen and oxygen atoms in total. The van der Waals surface area contributed by atoms with Gasteiger partial charge in [0.2, 0.25) is 15.9 Å². The van der Waals surface area contributed by atoms with Crippen LogP contribution in [0.4, 0.5) is 5.69 Å². The highest BCUT2D eigenvalue weighted by atomic mass is 32.2. The first-order chi connectivity index (χ1) is 14.0. The first-order valence-corrected chi connectivity index (χ1v) is 11.6. The van der Waals surface area contributed by atoms with E-state index in [1.165, 1.54) is 4.31 Å². The van der Waals surface area contributed by atoms with Gasteiger partial charge in [-0.25, -0.2) is 8.42 Å². The summed E-state index contributed by atoms with van der Waals surface area (Å²) < 4.78 is 28.2. The molecule has 0 atom stereocenters. The Morgan fingerprint density at radius 3 is 2.10 bits per heavy atom. The number of phenols is 1. The number of carbonyl (C=O) groups is 1. The van der Waals surface area contributed by atoms with Crippen LogP contribution in [0.25, 0.3) is 0 Å². The standard InChI is InChI=1S/C23H30N2O4S/c1-14-6-7-20(21(26)12-14)24-23(27)19-8-10-25(11-9-19)30(28,29)22-17(4)15(2)13-16(3)18(22)5/h6-7,12-13,19,26H,8-11H2,1-5H3,(H,24,27). The van der Waals surface area contributed by atoms with Crippen molar-refractivity contribution in [3.05, 3.63) is 52.1 Å². The number of aromatic hydroxyl groups is 1. The lowest BCUT2D eigenvalue weighted by molar-refractivity contribution is -0.120. The maximum atomic E-state index is 13.4. The number of nitrogens with zero attached hydrogens (tertiary/aromatic N) is 1. The van der Waals surface area contributed by atoms with Crippen LogP contribution in [0, 0.1) is 40.5 Å². The number of nitrogens with one attached hydrogen (secondary N) is 1. The van der Waals surface area contributed by atoms with Crippen LogP contribution >= 0.6 is 0 Å². The van der Waals surface area contributed by atoms with E-state index in [0.717, 1.165) is 27.8 Å². The maximum absolute atomic E-state index is 13.4. The Morgan fingerprint density at radius 1 is 1.00 bits per heavy atom. The molecule has 2 N–H and O–H groups in total. The number of carbonyl (C=O) groups excluding carboxylic acids is 1. The van der Waals surface area contributed by atoms with Crippen molar-refractivity contribution in [2.24, 2.45) is 5.92 Å². The van der Waals surface area contributed by atoms with Crippen LogP contribution in [-0.4, -0.2) is 36.8 Å². The molecule has 0 saturated carbocycles. The van der Waals surface area contributed by atoms with Gasteiger partial charge in [0.05, 0.1) is 10.6 Å². The van der Waals surface area contributed by atoms with Crippen molar-refractivity contribution >= 4 is 21.6 Å². The SMILES string of the molecule is Cc1ccc(NC(=O)C2CCN(S(=O)(=O)c3c(C)c(C)cc(C)c3C)CC2)c(O)c1. The van der Waals surface area contributed by atoms with Crippen LogP contribution in [0.2, 0.25) is 0 Å². The minimum Gasteiger partial charge on any atom is -0.506 e. The van der Waals surface area contributed by atoms with Crippen LogP contribution < -0.4 is 5.32 Å². The molecule has 3 rings (SSSR count). The topological polar surface area (TPSA) is 86.7 Å². The molecule has 1 fully saturated rings. The minimum atomic E-state index is -3.63. The highest BCUT2D eigenvalue weighted by Gasteiger charge is 2.34. The highest BCUT2D eigenvalue weighted by Crippen LogP contribution is 2.32. The van der Waals surface area contributed by atoms with E-state index in [1.807, 2.05) is 46.8 Å². The highest BCUT2D eigenvalue weighted by molar-refractivity contribution is 7.89. The zero-order chi connectivity index (χ0) is 22.2. The summed E-state index contributed by atoms with van der Waals surface area (Å²) in [6.07, 6.45) is 0.890. The van der Waals surface area contributed by atoms with Gasteiger partial charge in [0.1, 0.15) is 5.75 Å². The molecule has 0 spiro atoms. The minimum absolute atomic E-state index is 0.0316. The summed E-state index contributed by atoms with van der Waals surface area (Å²) in [6.45, 7) is 10.0. The summed E-state index contributed by atoms with van der Waals surface area (Å²) in [6, 6.07) is 7.10. The van der Waals surface area contributed by atoms with Gasteiger partial charge >= 0.3 is 0 Å². The fraction of sp³-hybridized carbons (Fsp3) is 0.435. The number of sulfonamides is 1. The quantitative estimate of drug-likeness (QED) is 0.719. The molecular formula is C23H30N2O4S. The molecule has 0 aliphatic carbocycles. The Hall–Kier alpha value is -2.38. The number of hydrogen-bond acceptors (Lipinski definition) is 4. The molecule has 1 aliphatic heterocycles. The summed E-state index contributed by atoms with van der Waals surface area (Å²) in [5.41, 5.74) is 4.77. The number of benzene rings is 2. The van der Waals surface area contributed by atoms with Gasteiger partial charge in [-0.3, -0.25) is 4.79 Å². The number of rotatable bonds is 4. The molecule has 1 amide bonds. The smallest absolute Gasteiger partial charge is 0.243 e. The number of anilines is 1. The van der Waals surface area contributed by atoms with E-state index in [4.69, 9.17) is 0 Å². The normalized spacial score (nSPS) is 15.9. The second kappa shape index (κ2) is 8.40. The average Bonchev–Trinajstić information content (AvgIpc) is 2.68. The van der Waals surface area contributed by atoms with Gasteiger partial charge in [0.15, 0.2) is 0 Å². The monoisotopic (exact) mass is 430 g/mol. The molecule has 1 heterocycles. The third-order valence-corrected chi connectivity index (χ3v) is 8.30. The molecule has 30 heavy (non-hydrogen) atoms. The van der Waals surface area contributed by atoms with Crippen LogP contribution in [0.5, 0.6) is 5.75 Å². The van der Waals surface area contributed by atoms with Gasteiger partial charge in [0.25, 0.3) is 0 Å². The predicted octanol–water partition coefficient (Wildman–Crippen LogP) is 3.97. The fourth-order valence-electron chi connectivity index (χ4n) is 4.04. The predicted molar refractivity (Wildman–Crippen MR) is 118 cm³/mol. The molecule has 1 saturated heterocycles. The molecule has 162 valence electrons. The summed E-state index contributed by atoms with van der Waals surface area (Å²) in [4.78, 5) is 13.0. The average molecular weight is 431 g/mol. The summed E-state index contributed by atoms with van der Waals surface area (Å²) >= 11 is 0. The first kappa shape index (κ1) is 22.3. The number of phenolic OH excluding ortho intramolecular Hbond substituents is 1. The number of hydrogen-bond donors (Lipinski definition) is 2. The largest absolute Gasteiger partial charge is 0.506 e. The molecular weight excluding hydrogens is 400 g/mol. The van der Waals surface area contributed by atoms with Crippen molar-refractivity contribution in [2.45, 2.75) is 52.4 Å². The lowest BCUT2D eigenvalue weighted by Crippen LogP contribution is -2.41. The number of aryl methyl sites for hydroxylation is 3. The molecule has 2 aromatic rings. The van der Waals surface area contributed by atoms with E-state index in [1.54, 1.807) is 12.1 Å². The van der Waals surface area contributed by atoms with Crippen LogP contribution in [0.3, 0.4) is 0 Å². The van der Waals surface area contributed by atoms with E-state index in [-0.39, 0.29) is 17.6 Å². The molecule has 0 radical (unpaired) electrons. The Morgan fingerprint density at radius 2 is 1.57 bits per heavy atom. The third kappa shape index (κ3) is 4.23. The van der Waals surface area contributed by atoms with Crippen molar-refractivity contribution in [1.29, 1.82) is 0 Å². The van der Waals surface area contributed by atoms with Gasteiger partial charge < -0.3 is 10.4 Å². The summed E-state index contributed by atoms with van der Waals surface area (Å²) in [5.74, 6) is -0.451. The van der Waals surface area contributed by atoms with Crippen molar-refractivity contribution in [3.8, 4) is 5.75 Å². The van der Waals surface area contributed by atoms with Gasteiger partial charge in [-0.1, -0.05) is 12.1 Å². The van der Waals surface area contributed by atoms with Crippen LogP contribution in [-0.2, 0) is 14.8 Å². The Bertz CT molecular complexity index is 1060. The van der Waals surface area contributed by atoms with E-state index in [2.05, 4.69) is 5.32 Å². The molecule has 2 aromatic carbocycles. The van der Waals surface area contributed by atoms with Gasteiger partial charge in [0, 0.05) is 19.0 Å². The molecule has 1 aliphatic rings. The molecule has 0 bridgehead atoms. The van der Waals surface area contributed by atoms with Gasteiger partial charge in [-0.15, -0.1) is 0 Å². The summed E-state index contributed by atoms with van der Waals surface area (Å²) in [7, 11) is -3.63. The van der Waals surface area contributed by atoms with Crippen LogP contribution in [0.15, 0.2) is 29.2 Å². The van der Waals surface area contributed by atoms with E-state index < -0.39 is 10.0 Å². The van der Waals surface area contributed by atoms with E-state index in [0.29, 0.717) is 36.5 Å². The first-order valence-electron chi connectivity index (χ1n) is 10.2. The van der Waals surface area contributed by atoms with Gasteiger partial charge in [-0.05, 0) is 87.4 Å². The molecule has 7 heteroatoms. The van der Waals surface area contributed by atoms with Crippen molar-refractivity contribution < 1.29 is 18.3 Å². The Balaban J connectivity index is 1.73. The second-order valence-electron chi connectivity index (χ2n) is 8.28. The Labute approximate surface area is 179 Å². The van der Waals surface area contributed by atoms with Crippen molar-refractivity contribution in [1.82, 2.24) is 4.31 Å². The lowest BCUT2D eigenvalue weighted by Gasteiger charge is -2.32. The van der Waals surface area contributed by atoms with E-state index >= 15 is 0 Å². The molecule has 0 aromatic heterocycles. The van der Waals surface area contributed by atoms with Crippen molar-refractivity contribution in [2.75, 3.05) is 18.4 Å². The lowest BCUT2D eigenvalue weighted by atomic mass is 9.97.